The molecule has 0 bridgehead atoms. The van der Waals surface area contributed by atoms with E-state index in [0.29, 0.717) is 5.39 Å². The van der Waals surface area contributed by atoms with Crippen molar-refractivity contribution >= 4 is 33.5 Å². The second-order valence-electron chi connectivity index (χ2n) is 8.25. The first-order valence-corrected chi connectivity index (χ1v) is 11.0. The number of carbonyl (C=O) groups is 2. The number of hydrogen-bond donors (Lipinski definition) is 0. The topological polar surface area (TPSA) is 52.6 Å². The van der Waals surface area contributed by atoms with Gasteiger partial charge < -0.3 is 9.47 Å². The Labute approximate surface area is 207 Å². The summed E-state index contributed by atoms with van der Waals surface area (Å²) in [6, 6.07) is 17.9. The Balaban J connectivity index is 1.45. The molecular weight excluding hydrogens is 488 g/mol. The minimum atomic E-state index is -1.29. The van der Waals surface area contributed by atoms with Crippen molar-refractivity contribution in [1.29, 1.82) is 0 Å². The molecule has 8 heteroatoms. The zero-order chi connectivity index (χ0) is 26.3. The van der Waals surface area contributed by atoms with Gasteiger partial charge in [0.1, 0.15) is 11.5 Å². The van der Waals surface area contributed by atoms with E-state index in [1.807, 2.05) is 13.0 Å². The molecule has 0 radical (unpaired) electrons. The molecule has 37 heavy (non-hydrogen) atoms. The normalized spacial score (nSPS) is 11.1. The van der Waals surface area contributed by atoms with Crippen LogP contribution in [0.1, 0.15) is 26.3 Å². The molecule has 4 nitrogen and oxygen atoms in total. The van der Waals surface area contributed by atoms with Gasteiger partial charge >= 0.3 is 11.9 Å². The van der Waals surface area contributed by atoms with Crippen LogP contribution >= 0.6 is 0 Å². The van der Waals surface area contributed by atoms with Gasteiger partial charge in [0.2, 0.25) is 0 Å². The maximum atomic E-state index is 13.9. The molecule has 5 aromatic rings. The van der Waals surface area contributed by atoms with Gasteiger partial charge in [-0.2, -0.15) is 0 Å². The molecule has 0 spiro atoms. The first-order chi connectivity index (χ1) is 17.7. The van der Waals surface area contributed by atoms with Gasteiger partial charge in [-0.15, -0.1) is 0 Å². The number of halogens is 4. The maximum absolute atomic E-state index is 13.9. The number of ether oxygens (including phenoxy) is 2. The minimum absolute atomic E-state index is 0.141. The molecule has 184 valence electrons. The molecule has 0 aliphatic heterocycles. The summed E-state index contributed by atoms with van der Waals surface area (Å²) in [5, 5.41) is 3.01. The highest BCUT2D eigenvalue weighted by Gasteiger charge is 2.19. The number of hydrogen-bond acceptors (Lipinski definition) is 4. The highest BCUT2D eigenvalue weighted by Crippen LogP contribution is 2.33. The zero-order valence-electron chi connectivity index (χ0n) is 19.2. The highest BCUT2D eigenvalue weighted by atomic mass is 19.2. The molecule has 0 heterocycles. The molecule has 0 atom stereocenters. The largest absolute Gasteiger partial charge is 0.423 e. The fraction of sp³-hybridized carbons (Fsp3) is 0.0345. The lowest BCUT2D eigenvalue weighted by molar-refractivity contribution is 0.0719. The van der Waals surface area contributed by atoms with Crippen molar-refractivity contribution in [2.24, 2.45) is 0 Å². The number of aryl methyl sites for hydroxylation is 1. The van der Waals surface area contributed by atoms with Crippen molar-refractivity contribution in [2.45, 2.75) is 6.92 Å². The molecule has 0 fully saturated rings. The average molecular weight is 504 g/mol. The zero-order valence-corrected chi connectivity index (χ0v) is 19.2. The van der Waals surface area contributed by atoms with E-state index in [1.54, 1.807) is 24.3 Å². The predicted octanol–water partition coefficient (Wildman–Crippen LogP) is 7.30. The molecule has 0 saturated heterocycles. The number of fused-ring (bicyclic) bond motifs is 2. The van der Waals surface area contributed by atoms with Crippen molar-refractivity contribution in [3.63, 3.8) is 0 Å². The van der Waals surface area contributed by atoms with Crippen LogP contribution < -0.4 is 9.47 Å². The summed E-state index contributed by atoms with van der Waals surface area (Å²) in [5.41, 5.74) is -0.220. The monoisotopic (exact) mass is 504 g/mol. The van der Waals surface area contributed by atoms with E-state index in [9.17, 15) is 27.2 Å². The van der Waals surface area contributed by atoms with Gasteiger partial charge in [-0.25, -0.2) is 27.2 Å². The maximum Gasteiger partial charge on any atom is 0.346 e. The second-order valence-corrected chi connectivity index (χ2v) is 8.25. The van der Waals surface area contributed by atoms with Gasteiger partial charge in [-0.1, -0.05) is 24.3 Å². The van der Waals surface area contributed by atoms with Gasteiger partial charge in [0.25, 0.3) is 0 Å². The van der Waals surface area contributed by atoms with Crippen molar-refractivity contribution < 1.29 is 36.6 Å². The SMILES string of the molecule is Cc1c2ccc(OC(=O)c3cccc(F)c3F)cc2cc2ccc(OC(=O)c3cccc(F)c3F)cc12. The fourth-order valence-electron chi connectivity index (χ4n) is 4.07. The van der Waals surface area contributed by atoms with E-state index < -0.39 is 46.3 Å². The van der Waals surface area contributed by atoms with Crippen molar-refractivity contribution in [3.05, 3.63) is 119 Å². The van der Waals surface area contributed by atoms with E-state index in [2.05, 4.69) is 0 Å². The van der Waals surface area contributed by atoms with Gasteiger partial charge in [0.15, 0.2) is 23.3 Å². The molecule has 5 rings (SSSR count). The fourth-order valence-corrected chi connectivity index (χ4v) is 4.07. The van der Waals surface area contributed by atoms with Crippen LogP contribution in [0.3, 0.4) is 0 Å². The number of benzene rings is 5. The summed E-state index contributed by atoms with van der Waals surface area (Å²) in [7, 11) is 0. The molecule has 0 aromatic heterocycles. The quantitative estimate of drug-likeness (QED) is 0.112. The molecule has 5 aromatic carbocycles. The summed E-state index contributed by atoms with van der Waals surface area (Å²) < 4.78 is 65.3. The summed E-state index contributed by atoms with van der Waals surface area (Å²) in [5.74, 6) is -6.65. The Morgan fingerprint density at radius 2 is 1.14 bits per heavy atom. The van der Waals surface area contributed by atoms with Crippen LogP contribution in [-0.4, -0.2) is 11.9 Å². The molecule has 0 unspecified atom stereocenters. The average Bonchev–Trinajstić information content (AvgIpc) is 2.87. The van der Waals surface area contributed by atoms with Crippen LogP contribution in [0.4, 0.5) is 17.6 Å². The molecule has 0 amide bonds. The van der Waals surface area contributed by atoms with Crippen LogP contribution in [0.2, 0.25) is 0 Å². The van der Waals surface area contributed by atoms with Gasteiger partial charge in [-0.3, -0.25) is 0 Å². The smallest absolute Gasteiger partial charge is 0.346 e. The van der Waals surface area contributed by atoms with Crippen LogP contribution in [0, 0.1) is 30.2 Å². The molecule has 0 N–H and O–H groups in total. The van der Waals surface area contributed by atoms with Crippen LogP contribution in [0.5, 0.6) is 11.5 Å². The van der Waals surface area contributed by atoms with E-state index in [0.717, 1.165) is 46.0 Å². The Kier molecular flexibility index (Phi) is 6.09. The Morgan fingerprint density at radius 1 is 0.595 bits per heavy atom. The summed E-state index contributed by atoms with van der Waals surface area (Å²) in [6.07, 6.45) is 0. The Morgan fingerprint density at radius 3 is 1.73 bits per heavy atom. The molecule has 0 aliphatic rings. The van der Waals surface area contributed by atoms with E-state index in [-0.39, 0.29) is 11.5 Å². The molecular formula is C29H16F4O4. The standard InChI is InChI=1S/C29H16F4O4/c1-15-20-11-10-18(36-28(34)21-4-2-6-24(30)26(21)32)13-17(20)12-16-8-9-19(14-23(15)16)37-29(35)22-5-3-7-25(31)27(22)33/h2-14H,1H3. The van der Waals surface area contributed by atoms with Gasteiger partial charge in [-0.05, 0) is 88.6 Å². The lowest BCUT2D eigenvalue weighted by Crippen LogP contribution is -2.11. The first kappa shape index (κ1) is 24.0. The summed E-state index contributed by atoms with van der Waals surface area (Å²) in [4.78, 5) is 24.7. The van der Waals surface area contributed by atoms with Crippen molar-refractivity contribution in [3.8, 4) is 11.5 Å². The third kappa shape index (κ3) is 4.49. The number of rotatable bonds is 4. The highest BCUT2D eigenvalue weighted by molar-refractivity contribution is 6.03. The third-order valence-electron chi connectivity index (χ3n) is 5.93. The minimum Gasteiger partial charge on any atom is -0.423 e. The number of esters is 2. The van der Waals surface area contributed by atoms with Crippen molar-refractivity contribution in [2.75, 3.05) is 0 Å². The van der Waals surface area contributed by atoms with Crippen LogP contribution in [0.25, 0.3) is 21.5 Å². The first-order valence-electron chi connectivity index (χ1n) is 11.0. The molecule has 0 aliphatic carbocycles. The third-order valence-corrected chi connectivity index (χ3v) is 5.93. The predicted molar refractivity (Wildman–Crippen MR) is 129 cm³/mol. The summed E-state index contributed by atoms with van der Waals surface area (Å²) >= 11 is 0. The van der Waals surface area contributed by atoms with E-state index in [4.69, 9.17) is 9.47 Å². The second kappa shape index (κ2) is 9.39. The van der Waals surface area contributed by atoms with E-state index >= 15 is 0 Å². The van der Waals surface area contributed by atoms with Gasteiger partial charge in [0, 0.05) is 0 Å². The van der Waals surface area contributed by atoms with Crippen LogP contribution in [0.15, 0.2) is 78.9 Å². The lowest BCUT2D eigenvalue weighted by Gasteiger charge is -2.12. The van der Waals surface area contributed by atoms with Crippen molar-refractivity contribution in [1.82, 2.24) is 0 Å². The molecule has 0 saturated carbocycles. The van der Waals surface area contributed by atoms with Gasteiger partial charge in [0.05, 0.1) is 11.1 Å². The lowest BCUT2D eigenvalue weighted by atomic mass is 9.97. The Hall–Kier alpha value is -4.72. The Bertz CT molecular complexity index is 1730. The van der Waals surface area contributed by atoms with E-state index in [1.165, 1.54) is 24.3 Å². The number of carbonyl (C=O) groups excluding carboxylic acids is 2. The summed E-state index contributed by atoms with van der Waals surface area (Å²) in [6.45, 7) is 1.84. The van der Waals surface area contributed by atoms with Crippen LogP contribution in [-0.2, 0) is 0 Å².